The fourth-order valence-corrected chi connectivity index (χ4v) is 4.90. The minimum absolute atomic E-state index is 0.0558. The third-order valence-electron chi connectivity index (χ3n) is 4.56. The summed E-state index contributed by atoms with van der Waals surface area (Å²) >= 11 is 1.42. The average Bonchev–Trinajstić information content (AvgIpc) is 3.12. The molecule has 1 atom stereocenters. The van der Waals surface area contributed by atoms with Crippen molar-refractivity contribution in [2.24, 2.45) is 4.99 Å². The van der Waals surface area contributed by atoms with Gasteiger partial charge < -0.3 is 0 Å². The molecule has 0 spiro atoms. The summed E-state index contributed by atoms with van der Waals surface area (Å²) in [7, 11) is -0.695. The highest BCUT2D eigenvalue weighted by molar-refractivity contribution is 8.14. The molecule has 11 heteroatoms. The minimum Gasteiger partial charge on any atom is -0.287 e. The van der Waals surface area contributed by atoms with E-state index in [1.807, 2.05) is 6.92 Å². The molecule has 1 heterocycles. The Morgan fingerprint density at radius 1 is 1.25 bits per heavy atom. The summed E-state index contributed by atoms with van der Waals surface area (Å²) in [5.41, 5.74) is 0.900. The Morgan fingerprint density at radius 2 is 1.97 bits per heavy atom. The van der Waals surface area contributed by atoms with Crippen LogP contribution in [0.3, 0.4) is 0 Å². The van der Waals surface area contributed by atoms with Crippen LogP contribution in [0.4, 0.5) is 11.4 Å². The van der Waals surface area contributed by atoms with Crippen LogP contribution in [-0.2, 0) is 14.8 Å². The van der Waals surface area contributed by atoms with E-state index in [0.29, 0.717) is 23.0 Å². The van der Waals surface area contributed by atoms with E-state index >= 15 is 0 Å². The van der Waals surface area contributed by atoms with E-state index in [9.17, 15) is 23.3 Å². The normalized spacial score (nSPS) is 18.1. The molecule has 0 saturated carbocycles. The van der Waals surface area contributed by atoms with Crippen LogP contribution in [0.25, 0.3) is 6.08 Å². The quantitative estimate of drug-likeness (QED) is 0.360. The van der Waals surface area contributed by atoms with Crippen molar-refractivity contribution < 1.29 is 18.1 Å². The largest absolute Gasteiger partial charge is 0.287 e. The van der Waals surface area contributed by atoms with Gasteiger partial charge in [-0.1, -0.05) is 36.9 Å². The average molecular weight is 475 g/mol. The predicted octanol–water partition coefficient (Wildman–Crippen LogP) is 3.51. The maximum Gasteiger partial charge on any atom is 0.270 e. The molecule has 1 aliphatic rings. The number of nitro benzene ring substituents is 1. The van der Waals surface area contributed by atoms with Crippen molar-refractivity contribution in [3.8, 4) is 0 Å². The van der Waals surface area contributed by atoms with Crippen LogP contribution in [0.2, 0.25) is 0 Å². The number of sulfonamides is 1. The summed E-state index contributed by atoms with van der Waals surface area (Å²) in [5.74, 6) is -0.316. The third-order valence-corrected chi connectivity index (χ3v) is 7.45. The number of hydrogen-bond acceptors (Lipinski definition) is 7. The second-order valence-electron chi connectivity index (χ2n) is 7.24. The van der Waals surface area contributed by atoms with E-state index in [2.05, 4.69) is 4.99 Å². The molecular weight excluding hydrogens is 452 g/mol. The molecule has 1 aliphatic heterocycles. The number of benzene rings is 2. The second-order valence-corrected chi connectivity index (χ2v) is 10.8. The lowest BCUT2D eigenvalue weighted by Crippen LogP contribution is -2.30. The van der Waals surface area contributed by atoms with Crippen LogP contribution in [0.5, 0.6) is 0 Å². The fraction of sp³-hybridized carbons (Fsp3) is 0.238. The van der Waals surface area contributed by atoms with E-state index in [1.165, 1.54) is 67.2 Å². The monoisotopic (exact) mass is 474 g/mol. The van der Waals surface area contributed by atoms with Crippen LogP contribution in [0.15, 0.2) is 64.5 Å². The summed E-state index contributed by atoms with van der Waals surface area (Å²) in [6, 6.07) is 12.2. The first-order chi connectivity index (χ1) is 15.1. The van der Waals surface area contributed by atoms with Crippen LogP contribution in [0, 0.1) is 10.1 Å². The van der Waals surface area contributed by atoms with E-state index in [1.54, 1.807) is 24.3 Å². The van der Waals surface area contributed by atoms with Crippen LogP contribution in [0.1, 0.15) is 12.5 Å². The van der Waals surface area contributed by atoms with Gasteiger partial charge in [0.2, 0.25) is 10.0 Å². The molecule has 1 fully saturated rings. The van der Waals surface area contributed by atoms with E-state index in [0.717, 1.165) is 4.31 Å². The van der Waals surface area contributed by atoms with Gasteiger partial charge in [0.25, 0.3) is 11.6 Å². The Hall–Kier alpha value is -3.02. The Balaban J connectivity index is 1.85. The van der Waals surface area contributed by atoms with Crippen molar-refractivity contribution in [3.05, 3.63) is 70.3 Å². The SMILES string of the molecule is CC1CN(C(=O)C=Cc2cccc([N+](=O)[O-])c2)C(=Nc2cccc(S(=O)(=O)N(C)C)c2)S1. The van der Waals surface area contributed by atoms with E-state index in [4.69, 9.17) is 0 Å². The molecule has 1 unspecified atom stereocenters. The molecule has 1 amide bonds. The first-order valence-corrected chi connectivity index (χ1v) is 11.9. The zero-order chi connectivity index (χ0) is 23.5. The summed E-state index contributed by atoms with van der Waals surface area (Å²) in [5, 5.41) is 11.5. The predicted molar refractivity (Wildman–Crippen MR) is 125 cm³/mol. The number of amides is 1. The van der Waals surface area contributed by atoms with Crippen LogP contribution in [-0.4, -0.2) is 59.5 Å². The zero-order valence-corrected chi connectivity index (χ0v) is 19.3. The topological polar surface area (TPSA) is 113 Å². The molecule has 1 saturated heterocycles. The number of carbonyl (C=O) groups is 1. The Bertz CT molecular complexity index is 1210. The number of nitro groups is 1. The molecule has 2 aromatic carbocycles. The number of rotatable bonds is 6. The summed E-state index contributed by atoms with van der Waals surface area (Å²) < 4.78 is 25.9. The second kappa shape index (κ2) is 9.63. The lowest BCUT2D eigenvalue weighted by atomic mass is 10.2. The Morgan fingerprint density at radius 3 is 2.66 bits per heavy atom. The van der Waals surface area contributed by atoms with Gasteiger partial charge in [-0.25, -0.2) is 17.7 Å². The first kappa shape index (κ1) is 23.6. The first-order valence-electron chi connectivity index (χ1n) is 9.60. The van der Waals surface area contributed by atoms with E-state index < -0.39 is 14.9 Å². The summed E-state index contributed by atoms with van der Waals surface area (Å²) in [6.45, 7) is 2.40. The Labute approximate surface area is 190 Å². The maximum absolute atomic E-state index is 12.8. The molecule has 0 bridgehead atoms. The molecule has 0 N–H and O–H groups in total. The highest BCUT2D eigenvalue weighted by atomic mass is 32.2. The number of non-ortho nitro benzene ring substituents is 1. The van der Waals surface area contributed by atoms with Crippen molar-refractivity contribution in [2.75, 3.05) is 20.6 Å². The molecule has 0 radical (unpaired) electrons. The smallest absolute Gasteiger partial charge is 0.270 e. The van der Waals surface area contributed by atoms with Gasteiger partial charge in [-0.3, -0.25) is 19.8 Å². The van der Waals surface area contributed by atoms with Gasteiger partial charge in [0, 0.05) is 44.1 Å². The minimum atomic E-state index is -3.60. The molecule has 168 valence electrons. The van der Waals surface area contributed by atoms with Gasteiger partial charge in [0.15, 0.2) is 5.17 Å². The van der Waals surface area contributed by atoms with Crippen molar-refractivity contribution in [1.82, 2.24) is 9.21 Å². The van der Waals surface area contributed by atoms with Crippen molar-refractivity contribution in [2.45, 2.75) is 17.1 Å². The molecule has 2 aromatic rings. The lowest BCUT2D eigenvalue weighted by molar-refractivity contribution is -0.384. The number of amidine groups is 1. The van der Waals surface area contributed by atoms with Crippen LogP contribution < -0.4 is 0 Å². The standard InChI is InChI=1S/C21H22N4O5S2/c1-15-14-24(20(26)11-10-16-6-4-8-18(12-16)25(27)28)21(31-15)22-17-7-5-9-19(13-17)32(29,30)23(2)3/h4-13,15H,14H2,1-3H3. The van der Waals surface area contributed by atoms with E-state index in [-0.39, 0.29) is 21.7 Å². The van der Waals surface area contributed by atoms with Gasteiger partial charge >= 0.3 is 0 Å². The van der Waals surface area contributed by atoms with Gasteiger partial charge in [-0.2, -0.15) is 0 Å². The Kier molecular flexibility index (Phi) is 7.12. The molecule has 32 heavy (non-hydrogen) atoms. The van der Waals surface area contributed by atoms with Crippen molar-refractivity contribution >= 4 is 50.3 Å². The van der Waals surface area contributed by atoms with Crippen LogP contribution >= 0.6 is 11.8 Å². The van der Waals surface area contributed by atoms with Gasteiger partial charge in [-0.15, -0.1) is 0 Å². The van der Waals surface area contributed by atoms with Gasteiger partial charge in [0.05, 0.1) is 15.5 Å². The van der Waals surface area contributed by atoms with Crippen molar-refractivity contribution in [3.63, 3.8) is 0 Å². The number of thioether (sulfide) groups is 1. The van der Waals surface area contributed by atoms with Crippen molar-refractivity contribution in [1.29, 1.82) is 0 Å². The third kappa shape index (κ3) is 5.42. The fourth-order valence-electron chi connectivity index (χ4n) is 2.92. The number of carbonyl (C=O) groups excluding carboxylic acids is 1. The highest BCUT2D eigenvalue weighted by Gasteiger charge is 2.29. The molecule has 0 aliphatic carbocycles. The van der Waals surface area contributed by atoms with Gasteiger partial charge in [0.1, 0.15) is 0 Å². The number of aliphatic imine (C=N–C) groups is 1. The molecule has 9 nitrogen and oxygen atoms in total. The lowest BCUT2D eigenvalue weighted by Gasteiger charge is -2.14. The number of hydrogen-bond donors (Lipinski definition) is 0. The molecule has 0 aromatic heterocycles. The summed E-state index contributed by atoms with van der Waals surface area (Å²) in [6.07, 6.45) is 2.87. The molecular formula is C21H22N4O5S2. The summed E-state index contributed by atoms with van der Waals surface area (Å²) in [4.78, 5) is 29.4. The molecule has 3 rings (SSSR count). The number of nitrogens with zero attached hydrogens (tertiary/aromatic N) is 4. The van der Waals surface area contributed by atoms with Gasteiger partial charge in [-0.05, 0) is 29.8 Å². The highest BCUT2D eigenvalue weighted by Crippen LogP contribution is 2.29. The zero-order valence-electron chi connectivity index (χ0n) is 17.7. The maximum atomic E-state index is 12.8.